The van der Waals surface area contributed by atoms with Gasteiger partial charge in [-0.15, -0.1) is 0 Å². The molecule has 38 heavy (non-hydrogen) atoms. The molecule has 5 nitrogen and oxygen atoms in total. The van der Waals surface area contributed by atoms with Gasteiger partial charge in [0.15, 0.2) is 0 Å². The lowest BCUT2D eigenvalue weighted by atomic mass is 9.88. The number of carbonyl (C=O) groups is 1. The van der Waals surface area contributed by atoms with Gasteiger partial charge in [-0.05, 0) is 74.0 Å². The molecule has 0 bridgehead atoms. The maximum atomic E-state index is 11.9. The number of unbranched alkanes of at least 4 members (excludes halogenated alkanes) is 1. The number of carbonyl (C=O) groups excluding carboxylic acids is 1. The monoisotopic (exact) mass is 538 g/mol. The fourth-order valence-electron chi connectivity index (χ4n) is 3.74. The number of hydrogen-bond acceptors (Lipinski definition) is 5. The van der Waals surface area contributed by atoms with E-state index in [1.165, 1.54) is 17.3 Å². The third kappa shape index (κ3) is 20.0. The quantitative estimate of drug-likeness (QED) is 0.105. The van der Waals surface area contributed by atoms with Gasteiger partial charge in [-0.1, -0.05) is 94.8 Å². The van der Waals surface area contributed by atoms with Crippen LogP contribution in [0, 0.1) is 5.41 Å². The lowest BCUT2D eigenvalue weighted by Crippen LogP contribution is -2.27. The van der Waals surface area contributed by atoms with Crippen molar-refractivity contribution < 1.29 is 4.79 Å². The Morgan fingerprint density at radius 2 is 1.53 bits per heavy atom. The Morgan fingerprint density at radius 1 is 0.895 bits per heavy atom. The van der Waals surface area contributed by atoms with E-state index in [2.05, 4.69) is 77.3 Å². The molecule has 0 unspecified atom stereocenters. The van der Waals surface area contributed by atoms with Gasteiger partial charge in [0.2, 0.25) is 5.91 Å². The summed E-state index contributed by atoms with van der Waals surface area (Å²) in [6, 6.07) is 0. The predicted molar refractivity (Wildman–Crippen MR) is 169 cm³/mol. The maximum absolute atomic E-state index is 11.9. The Kier molecular flexibility index (Phi) is 16.7. The van der Waals surface area contributed by atoms with Crippen LogP contribution in [0.1, 0.15) is 79.6 Å². The van der Waals surface area contributed by atoms with Crippen LogP contribution in [0.3, 0.4) is 0 Å². The highest BCUT2D eigenvalue weighted by Crippen LogP contribution is 2.27. The highest BCUT2D eigenvalue weighted by atomic mass is 32.2. The molecule has 0 fully saturated rings. The summed E-state index contributed by atoms with van der Waals surface area (Å²) in [7, 11) is 0. The molecule has 0 aliphatic heterocycles. The second-order valence-electron chi connectivity index (χ2n) is 10.9. The van der Waals surface area contributed by atoms with Crippen molar-refractivity contribution in [1.82, 2.24) is 10.6 Å². The Morgan fingerprint density at radius 3 is 2.13 bits per heavy atom. The second kappa shape index (κ2) is 18.2. The van der Waals surface area contributed by atoms with Crippen molar-refractivity contribution in [3.8, 4) is 0 Å². The van der Waals surface area contributed by atoms with E-state index < -0.39 is 0 Å². The molecule has 0 aliphatic carbocycles. The van der Waals surface area contributed by atoms with Crippen molar-refractivity contribution in [2.75, 3.05) is 0 Å². The highest BCUT2D eigenvalue weighted by Gasteiger charge is 2.11. The minimum atomic E-state index is -0.176. The summed E-state index contributed by atoms with van der Waals surface area (Å²) in [5.41, 5.74) is 17.0. The van der Waals surface area contributed by atoms with Gasteiger partial charge in [-0.2, -0.15) is 0 Å². The molecule has 0 aromatic rings. The summed E-state index contributed by atoms with van der Waals surface area (Å²) in [4.78, 5) is 13.0. The largest absolute Gasteiger partial charge is 0.402 e. The molecule has 0 saturated heterocycles. The van der Waals surface area contributed by atoms with E-state index in [1.54, 1.807) is 24.3 Å². The minimum absolute atomic E-state index is 0.176. The van der Waals surface area contributed by atoms with Crippen LogP contribution in [0.25, 0.3) is 0 Å². The van der Waals surface area contributed by atoms with Crippen LogP contribution in [-0.2, 0) is 4.79 Å². The average molecular weight is 539 g/mol. The fourth-order valence-corrected chi connectivity index (χ4v) is 4.54. The van der Waals surface area contributed by atoms with Crippen LogP contribution < -0.4 is 22.1 Å². The molecular formula is C32H50N4OS. The summed E-state index contributed by atoms with van der Waals surface area (Å²) in [6.45, 7) is 30.9. The van der Waals surface area contributed by atoms with Gasteiger partial charge < -0.3 is 22.1 Å². The molecule has 0 spiro atoms. The molecule has 0 aliphatic rings. The van der Waals surface area contributed by atoms with E-state index >= 15 is 0 Å². The van der Waals surface area contributed by atoms with Crippen LogP contribution >= 0.6 is 11.8 Å². The lowest BCUT2D eigenvalue weighted by molar-refractivity contribution is -0.119. The Bertz CT molecular complexity index is 1000. The first kappa shape index (κ1) is 34.9. The predicted octanol–water partition coefficient (Wildman–Crippen LogP) is 7.98. The Balaban J connectivity index is 4.34. The Hall–Kier alpha value is -3.12. The first-order valence-corrected chi connectivity index (χ1v) is 13.8. The van der Waals surface area contributed by atoms with E-state index in [-0.39, 0.29) is 23.6 Å². The fraction of sp³-hybridized carbons (Fsp3) is 0.406. The molecule has 210 valence electrons. The third-order valence-electron chi connectivity index (χ3n) is 5.06. The number of nitrogens with one attached hydrogen (secondary N) is 2. The molecule has 6 N–H and O–H groups in total. The van der Waals surface area contributed by atoms with Crippen LogP contribution in [0.5, 0.6) is 0 Å². The molecule has 6 heteroatoms. The van der Waals surface area contributed by atoms with Gasteiger partial charge in [0.25, 0.3) is 0 Å². The zero-order valence-electron chi connectivity index (χ0n) is 24.3. The summed E-state index contributed by atoms with van der Waals surface area (Å²) in [5.74, 6) is 0.0892. The molecular weight excluding hydrogens is 488 g/mol. The van der Waals surface area contributed by atoms with E-state index in [0.29, 0.717) is 12.1 Å². The number of hydrogen-bond donors (Lipinski definition) is 4. The smallest absolute Gasteiger partial charge is 0.229 e. The van der Waals surface area contributed by atoms with Crippen LogP contribution in [0.15, 0.2) is 107 Å². The maximum Gasteiger partial charge on any atom is 0.229 e. The SMILES string of the molecule is C=C/C=C(\C)CC(=O)N/C(N)=C/C=C(\N)CCCCC(=C)SC(=C)NC(=C)CC(=C)/C=C(\C)CC(C)(C)C. The van der Waals surface area contributed by atoms with Crippen molar-refractivity contribution >= 4 is 17.7 Å². The topological polar surface area (TPSA) is 93.2 Å². The summed E-state index contributed by atoms with van der Waals surface area (Å²) in [5, 5.41) is 6.72. The molecule has 0 radical (unpaired) electrons. The highest BCUT2D eigenvalue weighted by molar-refractivity contribution is 8.06. The van der Waals surface area contributed by atoms with Crippen molar-refractivity contribution in [2.24, 2.45) is 16.9 Å². The molecule has 0 rings (SSSR count). The number of nitrogens with two attached hydrogens (primary N) is 2. The third-order valence-corrected chi connectivity index (χ3v) is 5.90. The first-order valence-electron chi connectivity index (χ1n) is 13.0. The van der Waals surface area contributed by atoms with Gasteiger partial charge >= 0.3 is 0 Å². The van der Waals surface area contributed by atoms with Gasteiger partial charge in [0.05, 0.1) is 5.03 Å². The lowest BCUT2D eigenvalue weighted by Gasteiger charge is -2.19. The number of thioether (sulfide) groups is 1. The van der Waals surface area contributed by atoms with Gasteiger partial charge in [0.1, 0.15) is 5.82 Å². The molecule has 0 aromatic carbocycles. The number of rotatable bonds is 18. The van der Waals surface area contributed by atoms with Gasteiger partial charge in [-0.3, -0.25) is 4.79 Å². The van der Waals surface area contributed by atoms with Crippen molar-refractivity contribution in [2.45, 2.75) is 79.6 Å². The molecule has 1 amide bonds. The van der Waals surface area contributed by atoms with E-state index in [0.717, 1.165) is 58.9 Å². The minimum Gasteiger partial charge on any atom is -0.402 e. The molecule has 0 aromatic heterocycles. The molecule has 0 atom stereocenters. The van der Waals surface area contributed by atoms with Gasteiger partial charge in [0, 0.05) is 24.2 Å². The van der Waals surface area contributed by atoms with Gasteiger partial charge in [-0.25, -0.2) is 0 Å². The van der Waals surface area contributed by atoms with E-state index in [9.17, 15) is 4.79 Å². The normalized spacial score (nSPS) is 13.1. The zero-order chi connectivity index (χ0) is 29.3. The standard InChI is InChI=1S/C32H50N4OS/c1-11-14-23(2)21-31(37)36-30(34)18-17-29(33)16-13-12-15-27(6)38-28(7)35-26(5)20-24(3)19-25(4)22-32(8,9)10/h11,14,17-19,35H,1,3,5-7,12-13,15-16,20-22,33-34H2,2,4,8-10H3,(H,36,37)/b23-14+,25-19+,29-17-,30-18+. The van der Waals surface area contributed by atoms with Crippen LogP contribution in [0.4, 0.5) is 0 Å². The van der Waals surface area contributed by atoms with E-state index in [4.69, 9.17) is 11.5 Å². The first-order chi connectivity index (χ1) is 17.6. The summed E-state index contributed by atoms with van der Waals surface area (Å²) >= 11 is 1.54. The zero-order valence-corrected chi connectivity index (χ0v) is 25.2. The van der Waals surface area contributed by atoms with Crippen LogP contribution in [0.2, 0.25) is 0 Å². The Labute approximate surface area is 236 Å². The molecule has 0 heterocycles. The van der Waals surface area contributed by atoms with Crippen molar-refractivity contribution in [1.29, 1.82) is 0 Å². The average Bonchev–Trinajstić information content (AvgIpc) is 2.73. The number of amides is 1. The van der Waals surface area contributed by atoms with E-state index in [1.807, 2.05) is 6.92 Å². The summed E-state index contributed by atoms with van der Waals surface area (Å²) < 4.78 is 0. The second-order valence-corrected chi connectivity index (χ2v) is 12.2. The summed E-state index contributed by atoms with van der Waals surface area (Å²) in [6.07, 6.45) is 14.4. The molecule has 0 saturated carbocycles. The number of allylic oxidation sites excluding steroid dienone is 9. The van der Waals surface area contributed by atoms with Crippen LogP contribution in [-0.4, -0.2) is 5.91 Å². The van der Waals surface area contributed by atoms with Crippen molar-refractivity contribution in [3.63, 3.8) is 0 Å². The van der Waals surface area contributed by atoms with Crippen molar-refractivity contribution in [3.05, 3.63) is 107 Å².